The molecule has 0 unspecified atom stereocenters. The summed E-state index contributed by atoms with van der Waals surface area (Å²) in [5, 5.41) is 17.1. The third-order valence-corrected chi connectivity index (χ3v) is 4.23. The Morgan fingerprint density at radius 1 is 1.32 bits per heavy atom. The number of benzene rings is 1. The Hall–Kier alpha value is -2.41. The fraction of sp³-hybridized carbons (Fsp3) is 0.444. The third kappa shape index (κ3) is 3.82. The number of nitrogens with one attached hydrogen (secondary N) is 1. The van der Waals surface area contributed by atoms with Crippen LogP contribution in [0.15, 0.2) is 30.3 Å². The summed E-state index contributed by atoms with van der Waals surface area (Å²) in [4.78, 5) is 14.0. The van der Waals surface area contributed by atoms with Gasteiger partial charge in [0.1, 0.15) is 11.6 Å². The lowest BCUT2D eigenvalue weighted by Gasteiger charge is -2.17. The molecule has 0 aliphatic carbocycles. The quantitative estimate of drug-likeness (QED) is 0.878. The number of halogens is 1. The number of hydrogen-bond acceptors (Lipinski definition) is 3. The SMILES string of the molecule is CC(C)(C)c1cc(NC(=O)N2CC[C@H](O)C2)n(-c2ccc(F)cc2)n1. The first-order valence-electron chi connectivity index (χ1n) is 8.34. The van der Waals surface area contributed by atoms with Crippen molar-refractivity contribution < 1.29 is 14.3 Å². The zero-order valence-corrected chi connectivity index (χ0v) is 14.7. The number of aromatic nitrogens is 2. The van der Waals surface area contributed by atoms with Crippen LogP contribution < -0.4 is 5.32 Å². The molecule has 2 N–H and O–H groups in total. The second kappa shape index (κ2) is 6.48. The number of carbonyl (C=O) groups excluding carboxylic acids is 1. The molecule has 6 nitrogen and oxygen atoms in total. The molecule has 1 saturated heterocycles. The van der Waals surface area contributed by atoms with Crippen molar-refractivity contribution in [3.63, 3.8) is 0 Å². The van der Waals surface area contributed by atoms with Crippen LogP contribution >= 0.6 is 0 Å². The molecule has 0 saturated carbocycles. The molecule has 1 fully saturated rings. The molecule has 3 rings (SSSR count). The van der Waals surface area contributed by atoms with Crippen molar-refractivity contribution in [2.45, 2.75) is 38.7 Å². The van der Waals surface area contributed by atoms with Crippen LogP contribution in [0.4, 0.5) is 15.0 Å². The van der Waals surface area contributed by atoms with E-state index in [4.69, 9.17) is 0 Å². The first kappa shape index (κ1) is 17.4. The van der Waals surface area contributed by atoms with E-state index >= 15 is 0 Å². The van der Waals surface area contributed by atoms with E-state index in [0.717, 1.165) is 5.69 Å². The van der Waals surface area contributed by atoms with Crippen molar-refractivity contribution in [3.05, 3.63) is 41.8 Å². The lowest BCUT2D eigenvalue weighted by molar-refractivity contribution is 0.176. The molecule has 0 radical (unpaired) electrons. The number of nitrogens with zero attached hydrogens (tertiary/aromatic N) is 3. The summed E-state index contributed by atoms with van der Waals surface area (Å²) < 4.78 is 14.8. The highest BCUT2D eigenvalue weighted by Gasteiger charge is 2.27. The molecule has 0 bridgehead atoms. The number of carbonyl (C=O) groups is 1. The standard InChI is InChI=1S/C18H23FN4O2/c1-18(2,3)15-10-16(20-17(25)22-9-8-14(24)11-22)23(21-15)13-6-4-12(19)5-7-13/h4-7,10,14,24H,8-9,11H2,1-3H3,(H,20,25)/t14-/m0/s1. The average Bonchev–Trinajstić information content (AvgIpc) is 3.14. The monoisotopic (exact) mass is 346 g/mol. The van der Waals surface area contributed by atoms with E-state index in [-0.39, 0.29) is 17.3 Å². The second-order valence-electron chi connectivity index (χ2n) is 7.37. The largest absolute Gasteiger partial charge is 0.391 e. The Bertz CT molecular complexity index is 764. The van der Waals surface area contributed by atoms with Crippen LogP contribution in [-0.4, -0.2) is 45.0 Å². The molecule has 1 aliphatic heterocycles. The Morgan fingerprint density at radius 2 is 2.00 bits per heavy atom. The molecule has 7 heteroatoms. The molecule has 2 aromatic rings. The number of aliphatic hydroxyl groups excluding tert-OH is 1. The number of hydrogen-bond donors (Lipinski definition) is 2. The fourth-order valence-corrected chi connectivity index (χ4v) is 2.73. The van der Waals surface area contributed by atoms with Crippen molar-refractivity contribution in [2.75, 3.05) is 18.4 Å². The summed E-state index contributed by atoms with van der Waals surface area (Å²) in [6, 6.07) is 7.49. The Morgan fingerprint density at radius 3 is 2.56 bits per heavy atom. The van der Waals surface area contributed by atoms with Gasteiger partial charge in [-0.2, -0.15) is 5.10 Å². The lowest BCUT2D eigenvalue weighted by Crippen LogP contribution is -2.34. The highest BCUT2D eigenvalue weighted by atomic mass is 19.1. The minimum Gasteiger partial charge on any atom is -0.391 e. The van der Waals surface area contributed by atoms with Gasteiger partial charge in [0.25, 0.3) is 0 Å². The van der Waals surface area contributed by atoms with Gasteiger partial charge in [-0.15, -0.1) is 0 Å². The highest BCUT2D eigenvalue weighted by molar-refractivity contribution is 5.89. The number of urea groups is 1. The number of amides is 2. The first-order valence-corrected chi connectivity index (χ1v) is 8.34. The number of aliphatic hydroxyl groups is 1. The summed E-state index contributed by atoms with van der Waals surface area (Å²) in [7, 11) is 0. The van der Waals surface area contributed by atoms with Gasteiger partial charge in [0.15, 0.2) is 0 Å². The average molecular weight is 346 g/mol. The van der Waals surface area contributed by atoms with E-state index in [1.165, 1.54) is 12.1 Å². The maximum absolute atomic E-state index is 13.2. The Kier molecular flexibility index (Phi) is 4.51. The third-order valence-electron chi connectivity index (χ3n) is 4.23. The van der Waals surface area contributed by atoms with Crippen LogP contribution in [0.1, 0.15) is 32.9 Å². The molecule has 25 heavy (non-hydrogen) atoms. The molecule has 2 heterocycles. The van der Waals surface area contributed by atoms with E-state index in [1.807, 2.05) is 26.8 Å². The van der Waals surface area contributed by atoms with Crippen molar-refractivity contribution in [1.82, 2.24) is 14.7 Å². The molecule has 0 spiro atoms. The van der Waals surface area contributed by atoms with Crippen molar-refractivity contribution in [2.24, 2.45) is 0 Å². The Balaban J connectivity index is 1.92. The Labute approximate surface area is 146 Å². The van der Waals surface area contributed by atoms with Gasteiger partial charge in [0.2, 0.25) is 0 Å². The van der Waals surface area contributed by atoms with Crippen molar-refractivity contribution in [1.29, 1.82) is 0 Å². The lowest BCUT2D eigenvalue weighted by atomic mass is 9.92. The molecule has 1 aromatic heterocycles. The van der Waals surface area contributed by atoms with E-state index in [1.54, 1.807) is 21.7 Å². The minimum absolute atomic E-state index is 0.200. The van der Waals surface area contributed by atoms with Crippen LogP contribution in [-0.2, 0) is 5.41 Å². The number of rotatable bonds is 2. The predicted octanol–water partition coefficient (Wildman–Crippen LogP) is 2.91. The molecular weight excluding hydrogens is 323 g/mol. The predicted molar refractivity (Wildman–Crippen MR) is 93.4 cm³/mol. The summed E-state index contributed by atoms with van der Waals surface area (Å²) in [6.07, 6.45) is 0.107. The van der Waals surface area contributed by atoms with Gasteiger partial charge in [-0.3, -0.25) is 5.32 Å². The van der Waals surface area contributed by atoms with Crippen LogP contribution in [0.5, 0.6) is 0 Å². The normalized spacial score (nSPS) is 17.8. The van der Waals surface area contributed by atoms with Gasteiger partial charge in [-0.1, -0.05) is 20.8 Å². The summed E-state index contributed by atoms with van der Waals surface area (Å²) in [6.45, 7) is 6.94. The summed E-state index contributed by atoms with van der Waals surface area (Å²) in [5.41, 5.74) is 1.27. The molecular formula is C18H23FN4O2. The minimum atomic E-state index is -0.474. The fourth-order valence-electron chi connectivity index (χ4n) is 2.73. The molecule has 2 amide bonds. The van der Waals surface area contributed by atoms with Gasteiger partial charge in [0, 0.05) is 24.6 Å². The van der Waals surface area contributed by atoms with Crippen molar-refractivity contribution in [3.8, 4) is 5.69 Å². The maximum Gasteiger partial charge on any atom is 0.323 e. The van der Waals surface area contributed by atoms with E-state index in [0.29, 0.717) is 31.0 Å². The molecule has 1 aliphatic rings. The molecule has 1 atom stereocenters. The summed E-state index contributed by atoms with van der Waals surface area (Å²) >= 11 is 0. The molecule has 1 aromatic carbocycles. The van der Waals surface area contributed by atoms with Crippen molar-refractivity contribution >= 4 is 11.8 Å². The second-order valence-corrected chi connectivity index (χ2v) is 7.37. The zero-order chi connectivity index (χ0) is 18.2. The smallest absolute Gasteiger partial charge is 0.323 e. The zero-order valence-electron chi connectivity index (χ0n) is 14.7. The highest BCUT2D eigenvalue weighted by Crippen LogP contribution is 2.27. The number of β-amino-alcohol motifs (C(OH)–C–C–N with tert-alkyl or cyclic N) is 1. The van der Waals surface area contributed by atoms with E-state index < -0.39 is 6.10 Å². The van der Waals surface area contributed by atoms with Gasteiger partial charge in [0.05, 0.1) is 17.5 Å². The van der Waals surface area contributed by atoms with Crippen LogP contribution in [0, 0.1) is 5.82 Å². The van der Waals surface area contributed by atoms with E-state index in [9.17, 15) is 14.3 Å². The van der Waals surface area contributed by atoms with E-state index in [2.05, 4.69) is 10.4 Å². The maximum atomic E-state index is 13.2. The topological polar surface area (TPSA) is 70.4 Å². The van der Waals surface area contributed by atoms with Crippen LogP contribution in [0.2, 0.25) is 0 Å². The van der Waals surface area contributed by atoms with Gasteiger partial charge in [-0.25, -0.2) is 13.9 Å². The number of likely N-dealkylation sites (tertiary alicyclic amines) is 1. The number of anilines is 1. The van der Waals surface area contributed by atoms with Crippen LogP contribution in [0.25, 0.3) is 5.69 Å². The van der Waals surface area contributed by atoms with Gasteiger partial charge < -0.3 is 10.0 Å². The molecule has 134 valence electrons. The van der Waals surface area contributed by atoms with Gasteiger partial charge >= 0.3 is 6.03 Å². The van der Waals surface area contributed by atoms with Gasteiger partial charge in [-0.05, 0) is 30.7 Å². The summed E-state index contributed by atoms with van der Waals surface area (Å²) in [5.74, 6) is 0.187. The van der Waals surface area contributed by atoms with Crippen LogP contribution in [0.3, 0.4) is 0 Å². The first-order chi connectivity index (χ1) is 11.7.